The number of benzene rings is 2. The van der Waals surface area contributed by atoms with Gasteiger partial charge in [-0.1, -0.05) is 25.1 Å². The smallest absolute Gasteiger partial charge is 0.142 e. The van der Waals surface area contributed by atoms with Crippen LogP contribution in [0, 0.1) is 0 Å². The molecule has 0 aliphatic carbocycles. The summed E-state index contributed by atoms with van der Waals surface area (Å²) in [7, 11) is 3.47. The molecule has 3 aromatic rings. The Morgan fingerprint density at radius 3 is 2.66 bits per heavy atom. The highest BCUT2D eigenvalue weighted by Gasteiger charge is 2.33. The standard InChI is InChI=1S/C34H49N5O5/c1-4-29(39-25-35-24-37-39)20-28-21-31(27-8-10-30(11-9-27)42-17-6-16-41-3)34(22-36-28)44-23-26-7-12-33-32(19-26)38(14-18-43-33)13-5-15-40-2/h7-12,19,24-25,28-29,31,34,36H,4-6,13-18,20-23H2,1-3H3/t28-,29?,31+,34-/m0/s1. The Labute approximate surface area is 262 Å². The van der Waals surface area contributed by atoms with Crippen LogP contribution in [0.3, 0.4) is 0 Å². The van der Waals surface area contributed by atoms with Crippen LogP contribution in [0.25, 0.3) is 0 Å². The number of piperidine rings is 1. The minimum Gasteiger partial charge on any atom is -0.494 e. The van der Waals surface area contributed by atoms with Crippen molar-refractivity contribution in [2.75, 3.05) is 65.2 Å². The van der Waals surface area contributed by atoms with E-state index < -0.39 is 0 Å². The highest BCUT2D eigenvalue weighted by Crippen LogP contribution is 2.36. The molecule has 2 aromatic carbocycles. The van der Waals surface area contributed by atoms with Gasteiger partial charge in [0.15, 0.2) is 0 Å². The van der Waals surface area contributed by atoms with E-state index in [-0.39, 0.29) is 12.0 Å². The molecule has 10 heteroatoms. The highest BCUT2D eigenvalue weighted by atomic mass is 16.5. The van der Waals surface area contributed by atoms with Crippen LogP contribution in [0.15, 0.2) is 55.1 Å². The summed E-state index contributed by atoms with van der Waals surface area (Å²) in [6.07, 6.45) is 8.32. The summed E-state index contributed by atoms with van der Waals surface area (Å²) in [6, 6.07) is 15.7. The fourth-order valence-electron chi connectivity index (χ4n) is 6.32. The average Bonchev–Trinajstić information content (AvgIpc) is 3.60. The van der Waals surface area contributed by atoms with Gasteiger partial charge in [-0.2, -0.15) is 5.10 Å². The van der Waals surface area contributed by atoms with Crippen molar-refractivity contribution < 1.29 is 23.7 Å². The van der Waals surface area contributed by atoms with E-state index in [4.69, 9.17) is 23.7 Å². The summed E-state index contributed by atoms with van der Waals surface area (Å²) in [5.41, 5.74) is 3.58. The molecule has 0 saturated carbocycles. The predicted molar refractivity (Wildman–Crippen MR) is 171 cm³/mol. The van der Waals surface area contributed by atoms with Gasteiger partial charge in [-0.25, -0.2) is 9.67 Å². The molecule has 10 nitrogen and oxygen atoms in total. The number of ether oxygens (including phenoxy) is 5. The molecule has 1 aromatic heterocycles. The molecule has 1 N–H and O–H groups in total. The lowest BCUT2D eigenvalue weighted by Crippen LogP contribution is -2.47. The summed E-state index contributed by atoms with van der Waals surface area (Å²) in [5, 5.41) is 8.23. The van der Waals surface area contributed by atoms with Crippen molar-refractivity contribution in [1.82, 2.24) is 20.1 Å². The second kappa shape index (κ2) is 16.8. The van der Waals surface area contributed by atoms with E-state index in [2.05, 4.69) is 69.7 Å². The third kappa shape index (κ3) is 8.72. The molecule has 0 radical (unpaired) electrons. The Kier molecular flexibility index (Phi) is 12.3. The third-order valence-electron chi connectivity index (χ3n) is 8.73. The van der Waals surface area contributed by atoms with Crippen LogP contribution in [-0.2, 0) is 20.8 Å². The molecule has 1 saturated heterocycles. The molecule has 1 unspecified atom stereocenters. The SMILES string of the molecule is CCC(C[C@H]1C[C@H](c2ccc(OCCCOC)cc2)[C@@H](OCc2ccc3c(c2)N(CCCOC)CCO3)CN1)n1cncn1. The topological polar surface area (TPSA) is 92.1 Å². The number of nitrogens with zero attached hydrogens (tertiary/aromatic N) is 4. The zero-order valence-corrected chi connectivity index (χ0v) is 26.5. The van der Waals surface area contributed by atoms with E-state index in [1.807, 2.05) is 11.0 Å². The summed E-state index contributed by atoms with van der Waals surface area (Å²) in [6.45, 7) is 8.19. The molecule has 4 atom stereocenters. The normalized spacial score (nSPS) is 20.6. The number of fused-ring (bicyclic) bond motifs is 1. The zero-order chi connectivity index (χ0) is 30.6. The van der Waals surface area contributed by atoms with Crippen LogP contribution < -0.4 is 19.7 Å². The predicted octanol–water partition coefficient (Wildman–Crippen LogP) is 5.00. The van der Waals surface area contributed by atoms with Gasteiger partial charge >= 0.3 is 0 Å². The van der Waals surface area contributed by atoms with Crippen molar-refractivity contribution in [2.24, 2.45) is 0 Å². The lowest BCUT2D eigenvalue weighted by atomic mass is 9.82. The van der Waals surface area contributed by atoms with Crippen molar-refractivity contribution in [3.05, 3.63) is 66.2 Å². The summed E-state index contributed by atoms with van der Waals surface area (Å²) in [5.74, 6) is 2.08. The Morgan fingerprint density at radius 2 is 1.89 bits per heavy atom. The second-order valence-electron chi connectivity index (χ2n) is 11.7. The Balaban J connectivity index is 1.27. The van der Waals surface area contributed by atoms with Crippen molar-refractivity contribution in [2.45, 2.75) is 69.7 Å². The lowest BCUT2D eigenvalue weighted by molar-refractivity contribution is 0.00102. The average molecular weight is 608 g/mol. The Bertz CT molecular complexity index is 1240. The van der Waals surface area contributed by atoms with Crippen LogP contribution >= 0.6 is 0 Å². The summed E-state index contributed by atoms with van der Waals surface area (Å²) < 4.78 is 31.0. The van der Waals surface area contributed by atoms with Crippen molar-refractivity contribution in [1.29, 1.82) is 0 Å². The third-order valence-corrected chi connectivity index (χ3v) is 8.73. The molecule has 44 heavy (non-hydrogen) atoms. The van der Waals surface area contributed by atoms with Gasteiger partial charge in [-0.3, -0.25) is 0 Å². The van der Waals surface area contributed by atoms with Gasteiger partial charge < -0.3 is 33.9 Å². The monoisotopic (exact) mass is 607 g/mol. The lowest BCUT2D eigenvalue weighted by Gasteiger charge is -2.38. The van der Waals surface area contributed by atoms with Gasteiger partial charge in [0.05, 0.1) is 37.6 Å². The fourth-order valence-corrected chi connectivity index (χ4v) is 6.32. The zero-order valence-electron chi connectivity index (χ0n) is 26.5. The molecule has 0 spiro atoms. The quantitative estimate of drug-likeness (QED) is 0.213. The molecule has 2 aliphatic rings. The minimum absolute atomic E-state index is 0.0382. The van der Waals surface area contributed by atoms with Crippen LogP contribution in [0.4, 0.5) is 5.69 Å². The first kappa shape index (κ1) is 32.2. The van der Waals surface area contributed by atoms with E-state index in [0.29, 0.717) is 38.5 Å². The molecule has 0 bridgehead atoms. The van der Waals surface area contributed by atoms with Gasteiger partial charge in [0.25, 0.3) is 0 Å². The van der Waals surface area contributed by atoms with Gasteiger partial charge in [0, 0.05) is 58.9 Å². The van der Waals surface area contributed by atoms with E-state index in [1.165, 1.54) is 5.56 Å². The second-order valence-corrected chi connectivity index (χ2v) is 11.7. The van der Waals surface area contributed by atoms with Crippen LogP contribution in [0.2, 0.25) is 0 Å². The first-order valence-corrected chi connectivity index (χ1v) is 16.1. The Hall–Kier alpha value is -3.18. The molecular weight excluding hydrogens is 558 g/mol. The van der Waals surface area contributed by atoms with Crippen molar-refractivity contribution in [3.63, 3.8) is 0 Å². The Morgan fingerprint density at radius 1 is 1.05 bits per heavy atom. The minimum atomic E-state index is 0.0382. The van der Waals surface area contributed by atoms with E-state index >= 15 is 0 Å². The number of methoxy groups -OCH3 is 2. The molecule has 5 rings (SSSR count). The molecular formula is C34H49N5O5. The first-order chi connectivity index (χ1) is 21.7. The van der Waals surface area contributed by atoms with E-state index in [0.717, 1.165) is 81.1 Å². The summed E-state index contributed by atoms with van der Waals surface area (Å²) >= 11 is 0. The maximum atomic E-state index is 6.72. The van der Waals surface area contributed by atoms with Gasteiger partial charge in [0.1, 0.15) is 30.8 Å². The first-order valence-electron chi connectivity index (χ1n) is 16.1. The van der Waals surface area contributed by atoms with E-state index in [1.54, 1.807) is 20.5 Å². The fraction of sp³-hybridized carbons (Fsp3) is 0.588. The van der Waals surface area contributed by atoms with Gasteiger partial charge in [0.2, 0.25) is 0 Å². The maximum Gasteiger partial charge on any atom is 0.142 e. The van der Waals surface area contributed by atoms with E-state index in [9.17, 15) is 0 Å². The summed E-state index contributed by atoms with van der Waals surface area (Å²) in [4.78, 5) is 6.58. The molecule has 3 heterocycles. The molecule has 2 aliphatic heterocycles. The largest absolute Gasteiger partial charge is 0.494 e. The number of rotatable bonds is 17. The molecule has 0 amide bonds. The number of nitrogens with one attached hydrogen (secondary N) is 1. The highest BCUT2D eigenvalue weighted by molar-refractivity contribution is 5.61. The van der Waals surface area contributed by atoms with Crippen LogP contribution in [0.5, 0.6) is 11.5 Å². The maximum absolute atomic E-state index is 6.72. The van der Waals surface area contributed by atoms with Gasteiger partial charge in [-0.05, 0) is 61.1 Å². The molecule has 1 fully saturated rings. The number of hydrogen-bond acceptors (Lipinski definition) is 9. The number of aromatic nitrogens is 3. The number of hydrogen-bond donors (Lipinski definition) is 1. The van der Waals surface area contributed by atoms with Crippen LogP contribution in [0.1, 0.15) is 62.1 Å². The molecule has 240 valence electrons. The van der Waals surface area contributed by atoms with Gasteiger partial charge in [-0.15, -0.1) is 0 Å². The van der Waals surface area contributed by atoms with Crippen molar-refractivity contribution >= 4 is 5.69 Å². The van der Waals surface area contributed by atoms with Crippen LogP contribution in [-0.4, -0.2) is 87.2 Å². The number of anilines is 1. The van der Waals surface area contributed by atoms with Crippen molar-refractivity contribution in [3.8, 4) is 11.5 Å².